The molecule has 1 aromatic heterocycles. The molecule has 7 heteroatoms. The molecule has 0 radical (unpaired) electrons. The third kappa shape index (κ3) is 4.22. The van der Waals surface area contributed by atoms with Crippen LogP contribution >= 0.6 is 0 Å². The number of rotatable bonds is 4. The van der Waals surface area contributed by atoms with Crippen molar-refractivity contribution >= 4 is 22.7 Å². The molecule has 7 nitrogen and oxygen atoms in total. The summed E-state index contributed by atoms with van der Waals surface area (Å²) in [6.45, 7) is 4.52. The quantitative estimate of drug-likeness (QED) is 0.449. The number of carbonyl (C=O) groups excluding carboxylic acids is 2. The second kappa shape index (κ2) is 9.51. The summed E-state index contributed by atoms with van der Waals surface area (Å²) >= 11 is 0. The number of benzene rings is 3. The van der Waals surface area contributed by atoms with Gasteiger partial charge in [0.2, 0.25) is 0 Å². The van der Waals surface area contributed by atoms with Gasteiger partial charge in [0, 0.05) is 67.4 Å². The van der Waals surface area contributed by atoms with E-state index in [1.165, 1.54) is 0 Å². The van der Waals surface area contributed by atoms with E-state index < -0.39 is 0 Å². The molecule has 3 aromatic carbocycles. The van der Waals surface area contributed by atoms with E-state index in [-0.39, 0.29) is 11.8 Å². The van der Waals surface area contributed by atoms with E-state index in [2.05, 4.69) is 14.9 Å². The van der Waals surface area contributed by atoms with Gasteiger partial charge in [-0.15, -0.1) is 0 Å². The Morgan fingerprint density at radius 2 is 1.36 bits per heavy atom. The molecule has 0 bridgehead atoms. The van der Waals surface area contributed by atoms with Crippen molar-refractivity contribution in [3.63, 3.8) is 0 Å². The Morgan fingerprint density at radius 3 is 2.08 bits per heavy atom. The van der Waals surface area contributed by atoms with Crippen molar-refractivity contribution in [3.05, 3.63) is 96.3 Å². The minimum atomic E-state index is 0.0333. The molecule has 2 amide bonds. The number of carbonyl (C=O) groups is 2. The Kier molecular flexibility index (Phi) is 5.91. The van der Waals surface area contributed by atoms with Gasteiger partial charge in [-0.1, -0.05) is 48.5 Å². The number of piperazine rings is 1. The zero-order valence-corrected chi connectivity index (χ0v) is 20.0. The van der Waals surface area contributed by atoms with Crippen LogP contribution in [0.1, 0.15) is 20.7 Å². The van der Waals surface area contributed by atoms with Crippen LogP contribution in [0, 0.1) is 0 Å². The van der Waals surface area contributed by atoms with Gasteiger partial charge in [-0.05, 0) is 30.3 Å². The van der Waals surface area contributed by atoms with E-state index in [1.807, 2.05) is 88.7 Å². The largest absolute Gasteiger partial charge is 0.336 e. The van der Waals surface area contributed by atoms with Crippen molar-refractivity contribution in [2.24, 2.45) is 0 Å². The highest BCUT2D eigenvalue weighted by molar-refractivity contribution is 6.00. The Labute approximate surface area is 210 Å². The number of hydrogen-bond acceptors (Lipinski definition) is 5. The van der Waals surface area contributed by atoms with Gasteiger partial charge in [0.1, 0.15) is 6.33 Å². The van der Waals surface area contributed by atoms with E-state index in [0.29, 0.717) is 37.8 Å². The van der Waals surface area contributed by atoms with E-state index in [4.69, 9.17) is 0 Å². The second-order valence-corrected chi connectivity index (χ2v) is 9.38. The van der Waals surface area contributed by atoms with E-state index in [9.17, 15) is 9.59 Å². The van der Waals surface area contributed by atoms with Crippen molar-refractivity contribution in [2.75, 3.05) is 39.3 Å². The molecule has 2 aliphatic rings. The monoisotopic (exact) mass is 477 g/mol. The summed E-state index contributed by atoms with van der Waals surface area (Å²) in [5, 5.41) is 0.935. The maximum absolute atomic E-state index is 13.2. The van der Waals surface area contributed by atoms with Crippen molar-refractivity contribution in [1.82, 2.24) is 24.7 Å². The highest BCUT2D eigenvalue weighted by Crippen LogP contribution is 2.27. The van der Waals surface area contributed by atoms with Crippen LogP contribution in [-0.4, -0.2) is 81.8 Å². The summed E-state index contributed by atoms with van der Waals surface area (Å²) in [6.07, 6.45) is 1.56. The van der Waals surface area contributed by atoms with Gasteiger partial charge >= 0.3 is 0 Å². The zero-order valence-electron chi connectivity index (χ0n) is 20.0. The fourth-order valence-corrected chi connectivity index (χ4v) is 5.10. The number of amides is 2. The van der Waals surface area contributed by atoms with Crippen molar-refractivity contribution < 1.29 is 9.59 Å². The molecule has 0 aliphatic carbocycles. The molecular formula is C29H27N5O2. The fourth-order valence-electron chi connectivity index (χ4n) is 5.10. The predicted molar refractivity (Wildman–Crippen MR) is 139 cm³/mol. The normalized spacial score (nSPS) is 16.7. The fraction of sp³-hybridized carbons (Fsp3) is 0.241. The molecule has 180 valence electrons. The van der Waals surface area contributed by atoms with Crippen LogP contribution in [0.2, 0.25) is 0 Å². The van der Waals surface area contributed by atoms with Gasteiger partial charge in [-0.2, -0.15) is 0 Å². The second-order valence-electron chi connectivity index (χ2n) is 9.38. The standard InChI is InChI=1S/C29H27N5O2/c35-28(22-9-5-2-6-10-22)33-15-13-32(14-16-33)24-18-34(19-24)29(36)23-11-12-25-26(17-23)30-20-31-27(25)21-7-3-1-4-8-21/h1-12,17,20,24H,13-16,18-19H2. The van der Waals surface area contributed by atoms with Gasteiger partial charge in [-0.25, -0.2) is 9.97 Å². The molecule has 3 heterocycles. The highest BCUT2D eigenvalue weighted by Gasteiger charge is 2.37. The summed E-state index contributed by atoms with van der Waals surface area (Å²) in [4.78, 5) is 41.0. The molecule has 4 aromatic rings. The average molecular weight is 478 g/mol. The van der Waals surface area contributed by atoms with E-state index in [0.717, 1.165) is 40.8 Å². The first-order valence-electron chi connectivity index (χ1n) is 12.4. The number of aromatic nitrogens is 2. The lowest BCUT2D eigenvalue weighted by Gasteiger charge is -2.48. The van der Waals surface area contributed by atoms with Crippen LogP contribution in [0.25, 0.3) is 22.2 Å². The Morgan fingerprint density at radius 1 is 0.694 bits per heavy atom. The van der Waals surface area contributed by atoms with Crippen LogP contribution < -0.4 is 0 Å². The SMILES string of the molecule is O=C(c1ccccc1)N1CCN(C2CN(C(=O)c3ccc4c(-c5ccccc5)ncnc4c3)C2)CC1. The summed E-state index contributed by atoms with van der Waals surface area (Å²) in [7, 11) is 0. The Hall–Kier alpha value is -4.10. The van der Waals surface area contributed by atoms with Crippen LogP contribution in [0.4, 0.5) is 0 Å². The summed E-state index contributed by atoms with van der Waals surface area (Å²) in [6, 6.07) is 25.5. The zero-order chi connectivity index (χ0) is 24.5. The predicted octanol–water partition coefficient (Wildman–Crippen LogP) is 3.58. The van der Waals surface area contributed by atoms with E-state index >= 15 is 0 Å². The molecule has 2 aliphatic heterocycles. The first-order valence-corrected chi connectivity index (χ1v) is 12.4. The molecule has 6 rings (SSSR count). The van der Waals surface area contributed by atoms with Crippen LogP contribution in [-0.2, 0) is 0 Å². The average Bonchev–Trinajstić information content (AvgIpc) is 2.92. The molecule has 0 unspecified atom stereocenters. The Bertz CT molecular complexity index is 1400. The van der Waals surface area contributed by atoms with Gasteiger partial charge in [0.05, 0.1) is 11.2 Å². The summed E-state index contributed by atoms with van der Waals surface area (Å²) in [5.74, 6) is 0.127. The highest BCUT2D eigenvalue weighted by atomic mass is 16.2. The summed E-state index contributed by atoms with van der Waals surface area (Å²) in [5.41, 5.74) is 4.06. The summed E-state index contributed by atoms with van der Waals surface area (Å²) < 4.78 is 0. The third-order valence-corrected chi connectivity index (χ3v) is 7.22. The number of hydrogen-bond donors (Lipinski definition) is 0. The lowest BCUT2D eigenvalue weighted by atomic mass is 10.0. The molecule has 36 heavy (non-hydrogen) atoms. The molecule has 0 spiro atoms. The van der Waals surface area contributed by atoms with Crippen LogP contribution in [0.15, 0.2) is 85.2 Å². The van der Waals surface area contributed by atoms with Crippen molar-refractivity contribution in [1.29, 1.82) is 0 Å². The molecular weight excluding hydrogens is 450 g/mol. The molecule has 0 N–H and O–H groups in total. The lowest BCUT2D eigenvalue weighted by molar-refractivity contribution is 0.00854. The molecule has 0 atom stereocenters. The molecule has 0 saturated carbocycles. The minimum absolute atomic E-state index is 0.0333. The topological polar surface area (TPSA) is 69.6 Å². The third-order valence-electron chi connectivity index (χ3n) is 7.22. The maximum atomic E-state index is 13.2. The smallest absolute Gasteiger partial charge is 0.254 e. The minimum Gasteiger partial charge on any atom is -0.336 e. The van der Waals surface area contributed by atoms with E-state index in [1.54, 1.807) is 6.33 Å². The number of fused-ring (bicyclic) bond motifs is 1. The first-order chi connectivity index (χ1) is 17.7. The molecule has 2 fully saturated rings. The Balaban J connectivity index is 1.07. The number of nitrogens with zero attached hydrogens (tertiary/aromatic N) is 5. The van der Waals surface area contributed by atoms with Crippen LogP contribution in [0.5, 0.6) is 0 Å². The van der Waals surface area contributed by atoms with Crippen molar-refractivity contribution in [3.8, 4) is 11.3 Å². The van der Waals surface area contributed by atoms with Crippen LogP contribution in [0.3, 0.4) is 0 Å². The van der Waals surface area contributed by atoms with Gasteiger partial charge in [0.25, 0.3) is 11.8 Å². The van der Waals surface area contributed by atoms with Gasteiger partial charge in [0.15, 0.2) is 0 Å². The van der Waals surface area contributed by atoms with Crippen molar-refractivity contribution in [2.45, 2.75) is 6.04 Å². The number of likely N-dealkylation sites (tertiary alicyclic amines) is 1. The molecule has 2 saturated heterocycles. The first kappa shape index (κ1) is 22.4. The lowest BCUT2D eigenvalue weighted by Crippen LogP contribution is -2.64. The van der Waals surface area contributed by atoms with Gasteiger partial charge in [-0.3, -0.25) is 14.5 Å². The maximum Gasteiger partial charge on any atom is 0.254 e. The van der Waals surface area contributed by atoms with Gasteiger partial charge < -0.3 is 9.80 Å².